The fraction of sp³-hybridized carbons (Fsp3) is 0.500. The molecule has 0 saturated heterocycles. The van der Waals surface area contributed by atoms with Gasteiger partial charge in [-0.2, -0.15) is 3.97 Å². The highest BCUT2D eigenvalue weighted by molar-refractivity contribution is 7.90. The first kappa shape index (κ1) is 15.8. The molecule has 7 heteroatoms. The van der Waals surface area contributed by atoms with Gasteiger partial charge in [0.25, 0.3) is 0 Å². The van der Waals surface area contributed by atoms with Crippen LogP contribution in [0, 0.1) is 0 Å². The number of aromatic nitrogens is 2. The summed E-state index contributed by atoms with van der Waals surface area (Å²) in [6.45, 7) is 2.59. The molecule has 6 nitrogen and oxygen atoms in total. The van der Waals surface area contributed by atoms with Gasteiger partial charge in [0, 0.05) is 13.1 Å². The van der Waals surface area contributed by atoms with E-state index in [-0.39, 0.29) is 12.3 Å². The van der Waals surface area contributed by atoms with E-state index in [1.165, 1.54) is 4.57 Å². The zero-order valence-corrected chi connectivity index (χ0v) is 13.0. The summed E-state index contributed by atoms with van der Waals surface area (Å²) >= 11 is 0. The number of imidazole rings is 1. The van der Waals surface area contributed by atoms with Gasteiger partial charge < -0.3 is 5.73 Å². The molecule has 0 amide bonds. The fourth-order valence-corrected chi connectivity index (χ4v) is 3.96. The van der Waals surface area contributed by atoms with E-state index >= 15 is 0 Å². The average molecular weight is 311 g/mol. The Balaban J connectivity index is 2.58. The summed E-state index contributed by atoms with van der Waals surface area (Å²) in [6, 6.07) is 6.90. The number of para-hydroxylation sites is 2. The number of rotatable bonds is 7. The van der Waals surface area contributed by atoms with Crippen LogP contribution in [-0.2, 0) is 16.6 Å². The third-order valence-electron chi connectivity index (χ3n) is 3.43. The first-order valence-corrected chi connectivity index (χ1v) is 8.77. The first-order valence-electron chi connectivity index (χ1n) is 7.16. The van der Waals surface area contributed by atoms with Crippen LogP contribution in [0.2, 0.25) is 0 Å². The predicted molar refractivity (Wildman–Crippen MR) is 84.0 cm³/mol. The third-order valence-corrected chi connectivity index (χ3v) is 5.15. The highest BCUT2D eigenvalue weighted by atomic mass is 32.2. The Kier molecular flexibility index (Phi) is 4.84. The number of benzene rings is 1. The molecule has 0 saturated carbocycles. The highest BCUT2D eigenvalue weighted by Crippen LogP contribution is 2.15. The summed E-state index contributed by atoms with van der Waals surface area (Å²) < 4.78 is 27.3. The van der Waals surface area contributed by atoms with Crippen LogP contribution in [0.15, 0.2) is 29.1 Å². The Labute approximate surface area is 124 Å². The minimum Gasteiger partial charge on any atom is -0.329 e. The molecule has 0 aliphatic heterocycles. The third kappa shape index (κ3) is 3.03. The van der Waals surface area contributed by atoms with Crippen molar-refractivity contribution in [1.82, 2.24) is 8.54 Å². The summed E-state index contributed by atoms with van der Waals surface area (Å²) in [5, 5.41) is 0. The predicted octanol–water partition coefficient (Wildman–Crippen LogP) is 1.13. The fourth-order valence-electron chi connectivity index (χ4n) is 2.42. The highest BCUT2D eigenvalue weighted by Gasteiger charge is 2.22. The Morgan fingerprint density at radius 1 is 1.14 bits per heavy atom. The van der Waals surface area contributed by atoms with Crippen LogP contribution < -0.4 is 11.4 Å². The van der Waals surface area contributed by atoms with Crippen LogP contribution in [0.3, 0.4) is 0 Å². The van der Waals surface area contributed by atoms with Gasteiger partial charge in [-0.1, -0.05) is 31.9 Å². The summed E-state index contributed by atoms with van der Waals surface area (Å²) in [7, 11) is -3.64. The molecule has 0 radical (unpaired) electrons. The van der Waals surface area contributed by atoms with Gasteiger partial charge in [0.15, 0.2) is 0 Å². The molecule has 1 heterocycles. The molecule has 1 aromatic carbocycles. The van der Waals surface area contributed by atoms with Gasteiger partial charge >= 0.3 is 5.69 Å². The van der Waals surface area contributed by atoms with E-state index in [1.807, 2.05) is 6.92 Å². The zero-order chi connectivity index (χ0) is 15.5. The average Bonchev–Trinajstić information content (AvgIpc) is 2.73. The Hall–Kier alpha value is -1.60. The maximum Gasteiger partial charge on any atom is 0.343 e. The summed E-state index contributed by atoms with van der Waals surface area (Å²) in [5.41, 5.74) is 6.02. The van der Waals surface area contributed by atoms with Crippen molar-refractivity contribution in [3.8, 4) is 0 Å². The van der Waals surface area contributed by atoms with E-state index in [4.69, 9.17) is 5.73 Å². The second-order valence-corrected chi connectivity index (χ2v) is 6.94. The second kappa shape index (κ2) is 6.44. The van der Waals surface area contributed by atoms with E-state index in [1.54, 1.807) is 24.3 Å². The van der Waals surface area contributed by atoms with E-state index in [2.05, 4.69) is 0 Å². The van der Waals surface area contributed by atoms with Crippen LogP contribution in [0.4, 0.5) is 0 Å². The van der Waals surface area contributed by atoms with Crippen LogP contribution in [0.1, 0.15) is 26.2 Å². The van der Waals surface area contributed by atoms with Gasteiger partial charge in [-0.3, -0.25) is 4.57 Å². The van der Waals surface area contributed by atoms with Crippen LogP contribution >= 0.6 is 0 Å². The quantitative estimate of drug-likeness (QED) is 0.777. The first-order chi connectivity index (χ1) is 10.0. The largest absolute Gasteiger partial charge is 0.343 e. The van der Waals surface area contributed by atoms with Crippen molar-refractivity contribution >= 4 is 21.1 Å². The minimum absolute atomic E-state index is 0.0165. The van der Waals surface area contributed by atoms with Gasteiger partial charge in [-0.15, -0.1) is 0 Å². The van der Waals surface area contributed by atoms with Crippen molar-refractivity contribution in [2.24, 2.45) is 5.73 Å². The lowest BCUT2D eigenvalue weighted by atomic mass is 10.3. The molecular formula is C14H21N3O3S. The minimum atomic E-state index is -3.64. The molecule has 0 aliphatic carbocycles. The second-order valence-electron chi connectivity index (χ2n) is 5.00. The van der Waals surface area contributed by atoms with Crippen molar-refractivity contribution in [1.29, 1.82) is 0 Å². The maximum absolute atomic E-state index is 12.5. The van der Waals surface area contributed by atoms with E-state index in [0.717, 1.165) is 16.8 Å². The molecule has 2 aromatic rings. The zero-order valence-electron chi connectivity index (χ0n) is 12.2. The molecule has 0 atom stereocenters. The van der Waals surface area contributed by atoms with Gasteiger partial charge in [-0.05, 0) is 18.6 Å². The van der Waals surface area contributed by atoms with Crippen molar-refractivity contribution in [3.63, 3.8) is 0 Å². The van der Waals surface area contributed by atoms with Crippen LogP contribution in [0.5, 0.6) is 0 Å². The number of nitrogens with zero attached hydrogens (tertiary/aromatic N) is 2. The normalized spacial score (nSPS) is 12.1. The standard InChI is InChI=1S/C14H21N3O3S/c1-2-3-6-11-21(19,20)17-13-8-5-4-7-12(13)16(10-9-15)14(17)18/h4-5,7-8H,2-3,6,9-11,15H2,1H3. The molecule has 0 unspecified atom stereocenters. The Morgan fingerprint density at radius 3 is 2.43 bits per heavy atom. The summed E-state index contributed by atoms with van der Waals surface area (Å²) in [6.07, 6.45) is 2.32. The van der Waals surface area contributed by atoms with E-state index < -0.39 is 15.7 Å². The molecule has 0 aliphatic rings. The van der Waals surface area contributed by atoms with E-state index in [0.29, 0.717) is 24.0 Å². The number of hydrogen-bond donors (Lipinski definition) is 1. The van der Waals surface area contributed by atoms with Gasteiger partial charge in [0.2, 0.25) is 10.0 Å². The number of unbranched alkanes of at least 4 members (excludes halogenated alkanes) is 2. The monoisotopic (exact) mass is 311 g/mol. The maximum atomic E-state index is 12.5. The lowest BCUT2D eigenvalue weighted by molar-refractivity contribution is 0.578. The van der Waals surface area contributed by atoms with Crippen molar-refractivity contribution < 1.29 is 8.42 Å². The Bertz CT molecular complexity index is 774. The van der Waals surface area contributed by atoms with Crippen molar-refractivity contribution in [2.75, 3.05) is 12.3 Å². The van der Waals surface area contributed by atoms with Gasteiger partial charge in [0.1, 0.15) is 0 Å². The number of hydrogen-bond acceptors (Lipinski definition) is 4. The summed E-state index contributed by atoms with van der Waals surface area (Å²) in [4.78, 5) is 12.4. The summed E-state index contributed by atoms with van der Waals surface area (Å²) in [5.74, 6) is -0.0165. The van der Waals surface area contributed by atoms with Crippen LogP contribution in [0.25, 0.3) is 11.0 Å². The molecule has 1 aromatic heterocycles. The topological polar surface area (TPSA) is 87.1 Å². The molecule has 0 spiro atoms. The van der Waals surface area contributed by atoms with Crippen molar-refractivity contribution in [2.45, 2.75) is 32.7 Å². The molecule has 21 heavy (non-hydrogen) atoms. The molecule has 2 N–H and O–H groups in total. The molecule has 0 fully saturated rings. The lowest BCUT2D eigenvalue weighted by Crippen LogP contribution is -2.32. The molecule has 116 valence electrons. The molecular weight excluding hydrogens is 290 g/mol. The van der Waals surface area contributed by atoms with Crippen molar-refractivity contribution in [3.05, 3.63) is 34.7 Å². The Morgan fingerprint density at radius 2 is 1.81 bits per heavy atom. The number of nitrogens with two attached hydrogens (primary N) is 1. The lowest BCUT2D eigenvalue weighted by Gasteiger charge is -2.05. The van der Waals surface area contributed by atoms with Gasteiger partial charge in [0.05, 0.1) is 16.8 Å². The smallest absolute Gasteiger partial charge is 0.329 e. The van der Waals surface area contributed by atoms with Crippen LogP contribution in [-0.4, -0.2) is 29.3 Å². The molecule has 0 bridgehead atoms. The SMILES string of the molecule is CCCCCS(=O)(=O)n1c(=O)n(CCN)c2ccccc21. The molecule has 2 rings (SSSR count). The van der Waals surface area contributed by atoms with Gasteiger partial charge in [-0.25, -0.2) is 13.2 Å². The number of fused-ring (bicyclic) bond motifs is 1. The van der Waals surface area contributed by atoms with E-state index in [9.17, 15) is 13.2 Å².